The highest BCUT2D eigenvalue weighted by Crippen LogP contribution is 2.16. The van der Waals surface area contributed by atoms with E-state index in [9.17, 15) is 9.59 Å². The number of likely N-dealkylation sites (tertiary alicyclic amines) is 1. The van der Waals surface area contributed by atoms with Crippen LogP contribution in [-0.2, 0) is 4.79 Å². The van der Waals surface area contributed by atoms with Crippen LogP contribution in [0.25, 0.3) is 0 Å². The highest BCUT2D eigenvalue weighted by molar-refractivity contribution is 9.10. The molecule has 1 aromatic rings. The first-order valence-electron chi connectivity index (χ1n) is 6.85. The lowest BCUT2D eigenvalue weighted by Crippen LogP contribution is -2.46. The lowest BCUT2D eigenvalue weighted by atomic mass is 10.1. The van der Waals surface area contributed by atoms with Crippen molar-refractivity contribution in [1.82, 2.24) is 10.2 Å². The van der Waals surface area contributed by atoms with Crippen LogP contribution >= 0.6 is 15.9 Å². The highest BCUT2D eigenvalue weighted by Gasteiger charge is 2.24. The van der Waals surface area contributed by atoms with E-state index in [-0.39, 0.29) is 11.8 Å². The Morgan fingerprint density at radius 3 is 2.60 bits per heavy atom. The third-order valence-electron chi connectivity index (χ3n) is 3.58. The van der Waals surface area contributed by atoms with E-state index in [0.29, 0.717) is 5.56 Å². The Morgan fingerprint density at radius 1 is 1.30 bits per heavy atom. The molecule has 4 nitrogen and oxygen atoms in total. The van der Waals surface area contributed by atoms with Crippen LogP contribution in [0.4, 0.5) is 0 Å². The van der Waals surface area contributed by atoms with E-state index in [4.69, 9.17) is 0 Å². The second kappa shape index (κ2) is 6.39. The summed E-state index contributed by atoms with van der Waals surface area (Å²) in [6.45, 7) is 5.23. The van der Waals surface area contributed by atoms with Gasteiger partial charge in [-0.2, -0.15) is 0 Å². The molecule has 0 aromatic heterocycles. The van der Waals surface area contributed by atoms with Crippen molar-refractivity contribution in [2.45, 2.75) is 32.7 Å². The van der Waals surface area contributed by atoms with Crippen molar-refractivity contribution in [3.8, 4) is 0 Å². The van der Waals surface area contributed by atoms with Gasteiger partial charge in [0, 0.05) is 23.1 Å². The van der Waals surface area contributed by atoms with Gasteiger partial charge in [0.2, 0.25) is 5.91 Å². The fourth-order valence-electron chi connectivity index (χ4n) is 2.39. The summed E-state index contributed by atoms with van der Waals surface area (Å²) in [5.74, 6) is -0.202. The van der Waals surface area contributed by atoms with Crippen LogP contribution in [0.15, 0.2) is 22.7 Å². The van der Waals surface area contributed by atoms with Gasteiger partial charge in [0.15, 0.2) is 0 Å². The second-order valence-corrected chi connectivity index (χ2v) is 6.10. The minimum absolute atomic E-state index is 0.00324. The Balaban J connectivity index is 2.03. The van der Waals surface area contributed by atoms with E-state index in [0.717, 1.165) is 36.0 Å². The van der Waals surface area contributed by atoms with Crippen molar-refractivity contribution < 1.29 is 9.59 Å². The van der Waals surface area contributed by atoms with Crippen molar-refractivity contribution in [1.29, 1.82) is 0 Å². The highest BCUT2D eigenvalue weighted by atomic mass is 79.9. The molecule has 1 N–H and O–H groups in total. The molecule has 0 radical (unpaired) electrons. The fraction of sp³-hybridized carbons (Fsp3) is 0.467. The average Bonchev–Trinajstić information content (AvgIpc) is 2.94. The predicted octanol–water partition coefficient (Wildman–Crippen LogP) is 2.50. The zero-order valence-corrected chi connectivity index (χ0v) is 13.4. The monoisotopic (exact) mass is 338 g/mol. The maximum absolute atomic E-state index is 12.2. The molecule has 1 aromatic carbocycles. The van der Waals surface area contributed by atoms with Gasteiger partial charge in [-0.1, -0.05) is 22.0 Å². The van der Waals surface area contributed by atoms with Gasteiger partial charge in [0.1, 0.15) is 6.04 Å². The van der Waals surface area contributed by atoms with Crippen LogP contribution in [0.2, 0.25) is 0 Å². The van der Waals surface area contributed by atoms with Crippen molar-refractivity contribution in [3.63, 3.8) is 0 Å². The molecule has 5 heteroatoms. The Labute approximate surface area is 127 Å². The first-order valence-corrected chi connectivity index (χ1v) is 7.64. The minimum Gasteiger partial charge on any atom is -0.341 e. The van der Waals surface area contributed by atoms with Gasteiger partial charge in [-0.05, 0) is 44.4 Å². The molecule has 2 amide bonds. The molecule has 1 aliphatic heterocycles. The number of benzene rings is 1. The van der Waals surface area contributed by atoms with Gasteiger partial charge >= 0.3 is 0 Å². The zero-order valence-electron chi connectivity index (χ0n) is 11.8. The number of amides is 2. The van der Waals surface area contributed by atoms with Crippen molar-refractivity contribution in [2.24, 2.45) is 0 Å². The molecule has 1 unspecified atom stereocenters. The van der Waals surface area contributed by atoms with Gasteiger partial charge in [0.05, 0.1) is 0 Å². The van der Waals surface area contributed by atoms with Crippen molar-refractivity contribution >= 4 is 27.7 Å². The number of carbonyl (C=O) groups is 2. The summed E-state index contributed by atoms with van der Waals surface area (Å²) in [5.41, 5.74) is 1.49. The lowest BCUT2D eigenvalue weighted by Gasteiger charge is -2.21. The van der Waals surface area contributed by atoms with E-state index in [1.54, 1.807) is 13.0 Å². The number of halogens is 1. The van der Waals surface area contributed by atoms with Gasteiger partial charge in [-0.15, -0.1) is 0 Å². The average molecular weight is 339 g/mol. The van der Waals surface area contributed by atoms with Gasteiger partial charge < -0.3 is 10.2 Å². The Morgan fingerprint density at radius 2 is 1.95 bits per heavy atom. The number of carbonyl (C=O) groups excluding carboxylic acids is 2. The van der Waals surface area contributed by atoms with Gasteiger partial charge in [-0.25, -0.2) is 0 Å². The van der Waals surface area contributed by atoms with Crippen LogP contribution in [0.1, 0.15) is 35.7 Å². The van der Waals surface area contributed by atoms with E-state index in [2.05, 4.69) is 21.2 Å². The molecule has 0 saturated carbocycles. The molecule has 1 atom stereocenters. The Bertz CT molecular complexity index is 525. The first-order chi connectivity index (χ1) is 9.49. The summed E-state index contributed by atoms with van der Waals surface area (Å²) in [6.07, 6.45) is 2.11. The molecule has 108 valence electrons. The summed E-state index contributed by atoms with van der Waals surface area (Å²) < 4.78 is 0.853. The van der Waals surface area contributed by atoms with Crippen LogP contribution in [0.5, 0.6) is 0 Å². The third kappa shape index (κ3) is 3.39. The van der Waals surface area contributed by atoms with Gasteiger partial charge in [-0.3, -0.25) is 9.59 Å². The molecule has 2 rings (SSSR count). The normalized spacial score (nSPS) is 16.1. The Hall–Kier alpha value is -1.36. The molecule has 0 bridgehead atoms. The number of rotatable bonds is 3. The number of aryl methyl sites for hydroxylation is 1. The van der Waals surface area contributed by atoms with E-state index >= 15 is 0 Å². The quantitative estimate of drug-likeness (QED) is 0.920. The molecule has 1 fully saturated rings. The summed E-state index contributed by atoms with van der Waals surface area (Å²) in [6, 6.07) is 5.06. The number of hydrogen-bond acceptors (Lipinski definition) is 2. The molecule has 20 heavy (non-hydrogen) atoms. The second-order valence-electron chi connectivity index (χ2n) is 5.19. The molecule has 1 saturated heterocycles. The maximum atomic E-state index is 12.2. The van der Waals surface area contributed by atoms with Gasteiger partial charge in [0.25, 0.3) is 5.91 Å². The standard InChI is InChI=1S/C15H19BrN2O2/c1-10-5-6-12(16)9-13(10)14(19)17-11(2)15(20)18-7-3-4-8-18/h5-6,9,11H,3-4,7-8H2,1-2H3,(H,17,19). The summed E-state index contributed by atoms with van der Waals surface area (Å²) >= 11 is 3.36. The molecule has 0 spiro atoms. The van der Waals surface area contributed by atoms with Crippen LogP contribution in [0, 0.1) is 6.92 Å². The SMILES string of the molecule is Cc1ccc(Br)cc1C(=O)NC(C)C(=O)N1CCCC1. The topological polar surface area (TPSA) is 49.4 Å². The van der Waals surface area contributed by atoms with E-state index in [1.807, 2.05) is 24.0 Å². The third-order valence-corrected chi connectivity index (χ3v) is 4.07. The number of nitrogens with one attached hydrogen (secondary N) is 1. The lowest BCUT2D eigenvalue weighted by molar-refractivity contribution is -0.131. The smallest absolute Gasteiger partial charge is 0.252 e. The van der Waals surface area contributed by atoms with Crippen LogP contribution in [0.3, 0.4) is 0 Å². The Kier molecular flexibility index (Phi) is 4.81. The van der Waals surface area contributed by atoms with E-state index in [1.165, 1.54) is 0 Å². The van der Waals surface area contributed by atoms with Crippen LogP contribution in [-0.4, -0.2) is 35.8 Å². The molecule has 1 aliphatic rings. The van der Waals surface area contributed by atoms with Crippen molar-refractivity contribution in [3.05, 3.63) is 33.8 Å². The summed E-state index contributed by atoms with van der Waals surface area (Å²) in [7, 11) is 0. The summed E-state index contributed by atoms with van der Waals surface area (Å²) in [5, 5.41) is 2.79. The molecular formula is C15H19BrN2O2. The molecule has 1 heterocycles. The largest absolute Gasteiger partial charge is 0.341 e. The summed E-state index contributed by atoms with van der Waals surface area (Å²) in [4.78, 5) is 26.2. The first kappa shape index (κ1) is 15.0. The fourth-order valence-corrected chi connectivity index (χ4v) is 2.75. The maximum Gasteiger partial charge on any atom is 0.252 e. The molecular weight excluding hydrogens is 320 g/mol. The number of nitrogens with zero attached hydrogens (tertiary/aromatic N) is 1. The number of hydrogen-bond donors (Lipinski definition) is 1. The molecule has 0 aliphatic carbocycles. The van der Waals surface area contributed by atoms with Crippen LogP contribution < -0.4 is 5.32 Å². The minimum atomic E-state index is -0.487. The van der Waals surface area contributed by atoms with E-state index < -0.39 is 6.04 Å². The predicted molar refractivity (Wildman–Crippen MR) is 81.6 cm³/mol. The zero-order chi connectivity index (χ0) is 14.7. The van der Waals surface area contributed by atoms with Crippen molar-refractivity contribution in [2.75, 3.05) is 13.1 Å².